The van der Waals surface area contributed by atoms with Gasteiger partial charge in [-0.3, -0.25) is 14.5 Å². The van der Waals surface area contributed by atoms with Gasteiger partial charge >= 0.3 is 6.03 Å². The van der Waals surface area contributed by atoms with Gasteiger partial charge in [-0.15, -0.1) is 0 Å². The minimum absolute atomic E-state index is 0.0594. The van der Waals surface area contributed by atoms with E-state index in [0.29, 0.717) is 5.69 Å². The first-order chi connectivity index (χ1) is 13.2. The van der Waals surface area contributed by atoms with Gasteiger partial charge in [-0.2, -0.15) is 0 Å². The van der Waals surface area contributed by atoms with Gasteiger partial charge in [0.05, 0.1) is 5.69 Å². The van der Waals surface area contributed by atoms with Crippen molar-refractivity contribution in [1.82, 2.24) is 4.90 Å². The van der Waals surface area contributed by atoms with Crippen molar-refractivity contribution in [2.24, 2.45) is 11.8 Å². The van der Waals surface area contributed by atoms with Crippen LogP contribution in [0.3, 0.4) is 0 Å². The normalized spacial score (nSPS) is 25.9. The molecule has 144 valence electrons. The molecule has 1 atom stereocenters. The first kappa shape index (κ1) is 18.2. The molecule has 5 heteroatoms. The number of benzene rings is 1. The van der Waals surface area contributed by atoms with Crippen molar-refractivity contribution < 1.29 is 14.4 Å². The number of carbonyl (C=O) groups excluding carboxylic acids is 3. The molecule has 0 bridgehead atoms. The highest BCUT2D eigenvalue weighted by atomic mass is 16.2. The third-order valence-electron chi connectivity index (χ3n) is 6.46. The number of carbonyl (C=O) groups is 3. The molecule has 5 nitrogen and oxygen atoms in total. The van der Waals surface area contributed by atoms with Crippen molar-refractivity contribution in [2.45, 2.75) is 70.3 Å². The second-order valence-corrected chi connectivity index (χ2v) is 8.17. The van der Waals surface area contributed by atoms with Crippen LogP contribution in [0.2, 0.25) is 0 Å². The number of barbiturate groups is 1. The molecule has 1 aromatic carbocycles. The quantitative estimate of drug-likeness (QED) is 0.738. The molecule has 1 aromatic rings. The van der Waals surface area contributed by atoms with Crippen molar-refractivity contribution >= 4 is 23.5 Å². The summed E-state index contributed by atoms with van der Waals surface area (Å²) in [6.07, 6.45) is 10.0. The molecule has 2 saturated carbocycles. The molecule has 0 spiro atoms. The molecule has 4 amide bonds. The van der Waals surface area contributed by atoms with Crippen LogP contribution >= 0.6 is 0 Å². The van der Waals surface area contributed by atoms with Crippen molar-refractivity contribution in [3.8, 4) is 0 Å². The number of hydrogen-bond acceptors (Lipinski definition) is 3. The summed E-state index contributed by atoms with van der Waals surface area (Å²) in [5.41, 5.74) is 0.571. The predicted octanol–water partition coefficient (Wildman–Crippen LogP) is 4.51. The number of anilines is 1. The first-order valence-electron chi connectivity index (χ1n) is 10.4. The van der Waals surface area contributed by atoms with Gasteiger partial charge in [0.2, 0.25) is 11.8 Å². The number of nitrogens with zero attached hydrogens (tertiary/aromatic N) is 2. The maximum atomic E-state index is 13.4. The summed E-state index contributed by atoms with van der Waals surface area (Å²) in [4.78, 5) is 42.7. The highest BCUT2D eigenvalue weighted by molar-refractivity contribution is 6.27. The summed E-state index contributed by atoms with van der Waals surface area (Å²) in [6.45, 7) is 0. The zero-order valence-corrected chi connectivity index (χ0v) is 15.8. The Hall–Kier alpha value is -2.17. The molecule has 3 aliphatic rings. The van der Waals surface area contributed by atoms with Crippen LogP contribution in [0, 0.1) is 11.8 Å². The summed E-state index contributed by atoms with van der Waals surface area (Å²) < 4.78 is 0. The Morgan fingerprint density at radius 1 is 0.704 bits per heavy atom. The SMILES string of the molecule is O=C1[C@@H](C2CCCCC2)C(=O)N(C2CCCCC2)C(=O)N1c1ccccc1. The molecule has 0 aromatic heterocycles. The van der Waals surface area contributed by atoms with E-state index in [1.807, 2.05) is 18.2 Å². The minimum Gasteiger partial charge on any atom is -0.273 e. The Morgan fingerprint density at radius 2 is 1.30 bits per heavy atom. The van der Waals surface area contributed by atoms with Gasteiger partial charge in [0, 0.05) is 6.04 Å². The maximum absolute atomic E-state index is 13.4. The van der Waals surface area contributed by atoms with Crippen LogP contribution in [-0.2, 0) is 9.59 Å². The lowest BCUT2D eigenvalue weighted by molar-refractivity contribution is -0.146. The third kappa shape index (κ3) is 3.40. The first-order valence-corrected chi connectivity index (χ1v) is 10.4. The maximum Gasteiger partial charge on any atom is 0.338 e. The highest BCUT2D eigenvalue weighted by Crippen LogP contribution is 2.38. The fraction of sp³-hybridized carbons (Fsp3) is 0.591. The molecule has 0 radical (unpaired) electrons. The molecule has 1 saturated heterocycles. The Kier molecular flexibility index (Phi) is 5.28. The second kappa shape index (κ2) is 7.83. The van der Waals surface area contributed by atoms with Gasteiger partial charge in [0.15, 0.2) is 0 Å². The average molecular weight is 368 g/mol. The number of amides is 4. The zero-order chi connectivity index (χ0) is 18.8. The fourth-order valence-electron chi connectivity index (χ4n) is 5.05. The van der Waals surface area contributed by atoms with Crippen LogP contribution in [-0.4, -0.2) is 28.8 Å². The Labute approximate surface area is 160 Å². The smallest absolute Gasteiger partial charge is 0.273 e. The van der Waals surface area contributed by atoms with Crippen LogP contribution in [0.1, 0.15) is 64.2 Å². The van der Waals surface area contributed by atoms with Gasteiger partial charge in [0.25, 0.3) is 0 Å². The molecule has 4 rings (SSSR count). The monoisotopic (exact) mass is 368 g/mol. The van der Waals surface area contributed by atoms with Crippen LogP contribution < -0.4 is 4.90 Å². The molecule has 1 heterocycles. The Balaban J connectivity index is 1.71. The molecule has 3 fully saturated rings. The van der Waals surface area contributed by atoms with E-state index < -0.39 is 11.9 Å². The van der Waals surface area contributed by atoms with E-state index in [4.69, 9.17) is 0 Å². The topological polar surface area (TPSA) is 57.7 Å². The van der Waals surface area contributed by atoms with E-state index in [2.05, 4.69) is 0 Å². The van der Waals surface area contributed by atoms with Crippen LogP contribution in [0.25, 0.3) is 0 Å². The average Bonchev–Trinajstić information content (AvgIpc) is 2.70. The highest BCUT2D eigenvalue weighted by Gasteiger charge is 2.51. The van der Waals surface area contributed by atoms with Crippen LogP contribution in [0.4, 0.5) is 10.5 Å². The van der Waals surface area contributed by atoms with E-state index in [9.17, 15) is 14.4 Å². The summed E-state index contributed by atoms with van der Waals surface area (Å²) in [7, 11) is 0. The molecule has 0 N–H and O–H groups in total. The summed E-state index contributed by atoms with van der Waals surface area (Å²) in [6, 6.07) is 8.56. The number of hydrogen-bond donors (Lipinski definition) is 0. The number of urea groups is 1. The number of para-hydroxylation sites is 1. The summed E-state index contributed by atoms with van der Waals surface area (Å²) in [5.74, 6) is -1.21. The largest absolute Gasteiger partial charge is 0.338 e. The predicted molar refractivity (Wildman–Crippen MR) is 103 cm³/mol. The van der Waals surface area contributed by atoms with Crippen LogP contribution in [0.15, 0.2) is 30.3 Å². The van der Waals surface area contributed by atoms with Gasteiger partial charge in [0.1, 0.15) is 5.92 Å². The fourth-order valence-corrected chi connectivity index (χ4v) is 5.05. The lowest BCUT2D eigenvalue weighted by Crippen LogP contribution is -2.64. The molecule has 27 heavy (non-hydrogen) atoms. The minimum atomic E-state index is -0.704. The number of rotatable bonds is 3. The van der Waals surface area contributed by atoms with Crippen molar-refractivity contribution in [1.29, 1.82) is 0 Å². The zero-order valence-electron chi connectivity index (χ0n) is 15.8. The second-order valence-electron chi connectivity index (χ2n) is 8.17. The summed E-state index contributed by atoms with van der Waals surface area (Å²) >= 11 is 0. The lowest BCUT2D eigenvalue weighted by Gasteiger charge is -2.44. The van der Waals surface area contributed by atoms with Crippen molar-refractivity contribution in [3.05, 3.63) is 30.3 Å². The van der Waals surface area contributed by atoms with E-state index >= 15 is 0 Å². The summed E-state index contributed by atoms with van der Waals surface area (Å²) in [5, 5.41) is 0. The van der Waals surface area contributed by atoms with Gasteiger partial charge in [-0.1, -0.05) is 56.7 Å². The Bertz CT molecular complexity index is 666. The lowest BCUT2D eigenvalue weighted by atomic mass is 9.77. The molecule has 2 aliphatic carbocycles. The van der Waals surface area contributed by atoms with Gasteiger partial charge in [-0.05, 0) is 43.7 Å². The van der Waals surface area contributed by atoms with Gasteiger partial charge in [-0.25, -0.2) is 9.69 Å². The standard InChI is InChI=1S/C22H28N2O3/c25-20-19(16-10-4-1-5-11-16)21(26)24(18-14-8-3-9-15-18)22(27)23(20)17-12-6-2-7-13-17/h2,6-7,12-13,16,18-19H,1,3-5,8-11,14-15H2/t19-/m1/s1. The van der Waals surface area contributed by atoms with Gasteiger partial charge < -0.3 is 0 Å². The molecule has 1 aliphatic heterocycles. The van der Waals surface area contributed by atoms with E-state index in [-0.39, 0.29) is 23.8 Å². The Morgan fingerprint density at radius 3 is 1.93 bits per heavy atom. The van der Waals surface area contributed by atoms with E-state index in [1.165, 1.54) is 16.2 Å². The van der Waals surface area contributed by atoms with E-state index in [0.717, 1.165) is 57.8 Å². The molecule has 0 unspecified atom stereocenters. The number of imide groups is 2. The van der Waals surface area contributed by atoms with Crippen molar-refractivity contribution in [3.63, 3.8) is 0 Å². The third-order valence-corrected chi connectivity index (χ3v) is 6.46. The van der Waals surface area contributed by atoms with Crippen LogP contribution in [0.5, 0.6) is 0 Å². The van der Waals surface area contributed by atoms with E-state index in [1.54, 1.807) is 12.1 Å². The molecular weight excluding hydrogens is 340 g/mol. The van der Waals surface area contributed by atoms with Crippen molar-refractivity contribution in [2.75, 3.05) is 4.90 Å². The molecular formula is C22H28N2O3.